The smallest absolute Gasteiger partial charge is 0.255 e. The van der Waals surface area contributed by atoms with Crippen molar-refractivity contribution in [2.45, 2.75) is 26.2 Å². The lowest BCUT2D eigenvalue weighted by atomic mass is 10.0. The first-order valence-electron chi connectivity index (χ1n) is 10.3. The van der Waals surface area contributed by atoms with Crippen LogP contribution in [0.4, 0.5) is 11.4 Å². The van der Waals surface area contributed by atoms with E-state index >= 15 is 0 Å². The molecule has 2 heterocycles. The van der Waals surface area contributed by atoms with Gasteiger partial charge in [-0.25, -0.2) is 0 Å². The van der Waals surface area contributed by atoms with Crippen molar-refractivity contribution in [3.05, 3.63) is 77.5 Å². The van der Waals surface area contributed by atoms with Gasteiger partial charge >= 0.3 is 0 Å². The SMILES string of the molecule is Cc1ccnc(-c2cc(N3CCCCC3)ccc2NC(=O)c2cccc(C=O)c2)c1. The van der Waals surface area contributed by atoms with Crippen molar-refractivity contribution < 1.29 is 9.59 Å². The van der Waals surface area contributed by atoms with E-state index < -0.39 is 0 Å². The van der Waals surface area contributed by atoms with Crippen LogP contribution in [0.25, 0.3) is 11.3 Å². The first-order chi connectivity index (χ1) is 14.6. The number of rotatable bonds is 5. The molecule has 0 unspecified atom stereocenters. The number of amides is 1. The van der Waals surface area contributed by atoms with E-state index in [-0.39, 0.29) is 5.91 Å². The van der Waals surface area contributed by atoms with Gasteiger partial charge in [0.05, 0.1) is 11.4 Å². The molecule has 0 bridgehead atoms. The van der Waals surface area contributed by atoms with Crippen LogP contribution < -0.4 is 10.2 Å². The lowest BCUT2D eigenvalue weighted by Gasteiger charge is -2.29. The van der Waals surface area contributed by atoms with Crippen LogP contribution in [0.5, 0.6) is 0 Å². The first-order valence-corrected chi connectivity index (χ1v) is 10.3. The molecule has 0 saturated carbocycles. The third-order valence-corrected chi connectivity index (χ3v) is 5.45. The summed E-state index contributed by atoms with van der Waals surface area (Å²) in [5, 5.41) is 3.01. The summed E-state index contributed by atoms with van der Waals surface area (Å²) in [5.41, 5.74) is 5.60. The molecule has 1 aliphatic rings. The summed E-state index contributed by atoms with van der Waals surface area (Å²) in [6.07, 6.45) is 6.20. The van der Waals surface area contributed by atoms with E-state index in [0.29, 0.717) is 16.8 Å². The Morgan fingerprint density at radius 2 is 1.87 bits per heavy atom. The van der Waals surface area contributed by atoms with Crippen LogP contribution in [0.3, 0.4) is 0 Å². The molecule has 1 saturated heterocycles. The minimum atomic E-state index is -0.252. The van der Waals surface area contributed by atoms with Gasteiger partial charge in [0.1, 0.15) is 6.29 Å². The molecule has 0 spiro atoms. The van der Waals surface area contributed by atoms with Crippen LogP contribution in [-0.4, -0.2) is 30.3 Å². The Morgan fingerprint density at radius 1 is 1.03 bits per heavy atom. The Hall–Kier alpha value is -3.47. The number of anilines is 2. The Morgan fingerprint density at radius 3 is 2.63 bits per heavy atom. The maximum atomic E-state index is 12.9. The molecule has 152 valence electrons. The average molecular weight is 399 g/mol. The summed E-state index contributed by atoms with van der Waals surface area (Å²) in [7, 11) is 0. The fourth-order valence-electron chi connectivity index (χ4n) is 3.83. The zero-order valence-electron chi connectivity index (χ0n) is 17.1. The lowest BCUT2D eigenvalue weighted by Crippen LogP contribution is -2.29. The molecular weight excluding hydrogens is 374 g/mol. The summed E-state index contributed by atoms with van der Waals surface area (Å²) in [6.45, 7) is 4.12. The Bertz CT molecular complexity index is 1070. The number of pyridine rings is 1. The Kier molecular flexibility index (Phi) is 5.89. The highest BCUT2D eigenvalue weighted by atomic mass is 16.1. The van der Waals surface area contributed by atoms with Crippen LogP contribution >= 0.6 is 0 Å². The predicted octanol–water partition coefficient (Wildman–Crippen LogP) is 5.11. The van der Waals surface area contributed by atoms with Gasteiger partial charge in [-0.1, -0.05) is 12.1 Å². The molecule has 1 fully saturated rings. The van der Waals surface area contributed by atoms with Gasteiger partial charge in [0.2, 0.25) is 0 Å². The molecule has 0 atom stereocenters. The normalized spacial score (nSPS) is 13.7. The van der Waals surface area contributed by atoms with Crippen molar-refractivity contribution in [3.8, 4) is 11.3 Å². The number of carbonyl (C=O) groups is 2. The summed E-state index contributed by atoms with van der Waals surface area (Å²) in [4.78, 5) is 30.9. The monoisotopic (exact) mass is 399 g/mol. The standard InChI is InChI=1S/C25H25N3O2/c1-18-10-11-26-24(14-18)22-16-21(28-12-3-2-4-13-28)8-9-23(22)27-25(30)20-7-5-6-19(15-20)17-29/h5-11,14-17H,2-4,12-13H2,1H3,(H,27,30). The van der Waals surface area contributed by atoms with Gasteiger partial charge in [0.25, 0.3) is 5.91 Å². The van der Waals surface area contributed by atoms with Gasteiger partial charge in [-0.05, 0) is 74.2 Å². The van der Waals surface area contributed by atoms with Crippen molar-refractivity contribution in [1.82, 2.24) is 4.98 Å². The van der Waals surface area contributed by atoms with Gasteiger partial charge < -0.3 is 10.2 Å². The van der Waals surface area contributed by atoms with E-state index in [1.54, 1.807) is 30.5 Å². The van der Waals surface area contributed by atoms with E-state index in [1.807, 2.05) is 25.1 Å². The molecule has 1 amide bonds. The summed E-state index contributed by atoms with van der Waals surface area (Å²) >= 11 is 0. The minimum Gasteiger partial charge on any atom is -0.372 e. The summed E-state index contributed by atoms with van der Waals surface area (Å²) in [5.74, 6) is -0.252. The number of piperidine rings is 1. The number of carbonyl (C=O) groups excluding carboxylic acids is 2. The number of nitrogens with one attached hydrogen (secondary N) is 1. The van der Waals surface area contributed by atoms with Crippen molar-refractivity contribution in [2.24, 2.45) is 0 Å². The van der Waals surface area contributed by atoms with Gasteiger partial charge in [-0.15, -0.1) is 0 Å². The molecule has 3 aromatic rings. The van der Waals surface area contributed by atoms with E-state index in [4.69, 9.17) is 0 Å². The molecule has 1 N–H and O–H groups in total. The van der Waals surface area contributed by atoms with E-state index in [0.717, 1.165) is 41.9 Å². The van der Waals surface area contributed by atoms with Crippen LogP contribution in [0.15, 0.2) is 60.8 Å². The zero-order valence-corrected chi connectivity index (χ0v) is 17.1. The molecular formula is C25H25N3O2. The van der Waals surface area contributed by atoms with Crippen molar-refractivity contribution in [2.75, 3.05) is 23.3 Å². The van der Waals surface area contributed by atoms with Crippen LogP contribution in [0, 0.1) is 6.92 Å². The highest BCUT2D eigenvalue weighted by Gasteiger charge is 2.16. The predicted molar refractivity (Wildman–Crippen MR) is 120 cm³/mol. The average Bonchev–Trinajstić information content (AvgIpc) is 2.80. The number of aryl methyl sites for hydroxylation is 1. The summed E-state index contributed by atoms with van der Waals surface area (Å²) < 4.78 is 0. The minimum absolute atomic E-state index is 0.252. The second-order valence-electron chi connectivity index (χ2n) is 7.69. The zero-order chi connectivity index (χ0) is 20.9. The maximum absolute atomic E-state index is 12.9. The van der Waals surface area contributed by atoms with E-state index in [9.17, 15) is 9.59 Å². The van der Waals surface area contributed by atoms with Crippen molar-refractivity contribution >= 4 is 23.6 Å². The highest BCUT2D eigenvalue weighted by molar-refractivity contribution is 6.07. The Labute approximate surface area is 176 Å². The van der Waals surface area contributed by atoms with E-state index in [1.165, 1.54) is 19.3 Å². The second kappa shape index (κ2) is 8.91. The van der Waals surface area contributed by atoms with Crippen molar-refractivity contribution in [3.63, 3.8) is 0 Å². The lowest BCUT2D eigenvalue weighted by molar-refractivity contribution is 0.102. The molecule has 0 aliphatic carbocycles. The highest BCUT2D eigenvalue weighted by Crippen LogP contribution is 2.33. The first kappa shape index (κ1) is 19.8. The molecule has 2 aromatic carbocycles. The van der Waals surface area contributed by atoms with Crippen molar-refractivity contribution in [1.29, 1.82) is 0 Å². The number of hydrogen-bond donors (Lipinski definition) is 1. The number of aldehydes is 1. The maximum Gasteiger partial charge on any atom is 0.255 e. The molecule has 5 heteroatoms. The number of nitrogens with zero attached hydrogens (tertiary/aromatic N) is 2. The number of aromatic nitrogens is 1. The quantitative estimate of drug-likeness (QED) is 0.606. The third-order valence-electron chi connectivity index (χ3n) is 5.45. The van der Waals surface area contributed by atoms with Gasteiger partial charge in [0, 0.05) is 41.7 Å². The third kappa shape index (κ3) is 4.40. The molecule has 30 heavy (non-hydrogen) atoms. The largest absolute Gasteiger partial charge is 0.372 e. The Balaban J connectivity index is 1.70. The van der Waals surface area contributed by atoms with E-state index in [2.05, 4.69) is 27.3 Å². The van der Waals surface area contributed by atoms with Crippen LogP contribution in [0.1, 0.15) is 45.5 Å². The van der Waals surface area contributed by atoms with Gasteiger partial charge in [-0.3, -0.25) is 14.6 Å². The van der Waals surface area contributed by atoms with Crippen LogP contribution in [0.2, 0.25) is 0 Å². The topological polar surface area (TPSA) is 62.3 Å². The van der Waals surface area contributed by atoms with Gasteiger partial charge in [-0.2, -0.15) is 0 Å². The molecule has 1 aliphatic heterocycles. The molecule has 4 rings (SSSR count). The fraction of sp³-hybridized carbons (Fsp3) is 0.240. The fourth-order valence-corrected chi connectivity index (χ4v) is 3.83. The number of benzene rings is 2. The molecule has 1 aromatic heterocycles. The summed E-state index contributed by atoms with van der Waals surface area (Å²) in [6, 6.07) is 16.8. The number of hydrogen-bond acceptors (Lipinski definition) is 4. The van der Waals surface area contributed by atoms with Crippen LogP contribution in [-0.2, 0) is 0 Å². The van der Waals surface area contributed by atoms with Gasteiger partial charge in [0.15, 0.2) is 0 Å². The molecule has 5 nitrogen and oxygen atoms in total. The second-order valence-corrected chi connectivity index (χ2v) is 7.69. The molecule has 0 radical (unpaired) electrons.